The third-order valence-electron chi connectivity index (χ3n) is 16.7. The predicted octanol–water partition coefficient (Wildman–Crippen LogP) is 1.70. The molecule has 0 bridgehead atoms. The van der Waals surface area contributed by atoms with Crippen molar-refractivity contribution in [2.45, 2.75) is 145 Å². The Kier molecular flexibility index (Phi) is 15.4. The van der Waals surface area contributed by atoms with Crippen molar-refractivity contribution in [3.8, 4) is 40.2 Å². The average molecular weight is 1140 g/mol. The molecule has 4 aliphatic carbocycles. The number of methoxy groups -OCH3 is 2. The summed E-state index contributed by atoms with van der Waals surface area (Å²) in [5.41, 5.74) is -9.93. The Labute approximate surface area is 468 Å². The smallest absolute Gasteiger partial charge is 0.202 e. The molecule has 0 radical (unpaired) electrons. The van der Waals surface area contributed by atoms with E-state index in [1.807, 2.05) is 13.8 Å². The average Bonchev–Trinajstić information content (AvgIpc) is 2.46. The van der Waals surface area contributed by atoms with Crippen molar-refractivity contribution in [3.05, 3.63) is 97.1 Å². The summed E-state index contributed by atoms with van der Waals surface area (Å²) >= 11 is 0. The first-order valence-corrected chi connectivity index (χ1v) is 26.8. The molecule has 6 aliphatic rings. The minimum absolute atomic E-state index is 0.0101. The van der Waals surface area contributed by atoms with Gasteiger partial charge in [0.1, 0.15) is 64.7 Å². The minimum Gasteiger partial charge on any atom is -0.507 e. The van der Waals surface area contributed by atoms with Gasteiger partial charge in [-0.25, -0.2) is 0 Å². The molecule has 82 heavy (non-hydrogen) atoms. The number of nitrogens with one attached hydrogen (secondary N) is 2. The number of aromatic hydroxyl groups is 4. The Balaban J connectivity index is 0.987. The molecule has 4 aromatic carbocycles. The molecule has 2 heterocycles. The number of aliphatic hydroxyl groups is 5. The van der Waals surface area contributed by atoms with Gasteiger partial charge in [0, 0.05) is 96.1 Å². The number of Topliss-reactive ketones (excluding diaryl/α,β-unsaturated/α-hetero) is 2. The predicted molar refractivity (Wildman–Crippen MR) is 281 cm³/mol. The maximum Gasteiger partial charge on any atom is 0.202 e. The maximum absolute atomic E-state index is 14.8. The second-order valence-corrected chi connectivity index (χ2v) is 22.1. The van der Waals surface area contributed by atoms with E-state index in [0.717, 1.165) is 19.2 Å². The molecule has 0 unspecified atom stereocenters. The van der Waals surface area contributed by atoms with Gasteiger partial charge in [-0.3, -0.25) is 28.8 Å². The van der Waals surface area contributed by atoms with Gasteiger partial charge < -0.3 is 89.8 Å². The van der Waals surface area contributed by atoms with E-state index in [0.29, 0.717) is 0 Å². The van der Waals surface area contributed by atoms with Gasteiger partial charge >= 0.3 is 0 Å². The van der Waals surface area contributed by atoms with Crippen LogP contribution in [0.2, 0.25) is 0 Å². The van der Waals surface area contributed by atoms with E-state index in [2.05, 4.69) is 10.6 Å². The van der Waals surface area contributed by atoms with Crippen LogP contribution in [0, 0.1) is 0 Å². The Bertz CT molecular complexity index is 3360. The van der Waals surface area contributed by atoms with Crippen molar-refractivity contribution in [3.63, 3.8) is 0 Å². The Morgan fingerprint density at radius 2 is 1.13 bits per heavy atom. The third kappa shape index (κ3) is 9.48. The van der Waals surface area contributed by atoms with E-state index in [9.17, 15) is 74.7 Å². The normalized spacial score (nSPS) is 29.2. The maximum atomic E-state index is 14.8. The Morgan fingerprint density at radius 1 is 0.659 bits per heavy atom. The van der Waals surface area contributed by atoms with Crippen LogP contribution < -0.4 is 24.8 Å². The molecule has 10 rings (SSSR count). The first kappa shape index (κ1) is 58.3. The molecule has 24 nitrogen and oxygen atoms in total. The quantitative estimate of drug-likeness (QED) is 0.0652. The molecule has 11 N–H and O–H groups in total. The summed E-state index contributed by atoms with van der Waals surface area (Å²) in [4.78, 5) is 85.8. The Morgan fingerprint density at radius 3 is 1.63 bits per heavy atom. The van der Waals surface area contributed by atoms with Crippen LogP contribution in [0.4, 0.5) is 0 Å². The number of carbonyl (C=O) groups is 6. The number of phenols is 4. The highest BCUT2D eigenvalue weighted by molar-refractivity contribution is 6.32. The molecule has 0 saturated carbocycles. The second-order valence-electron chi connectivity index (χ2n) is 22.1. The van der Waals surface area contributed by atoms with E-state index in [-0.39, 0.29) is 69.5 Å². The van der Waals surface area contributed by atoms with Gasteiger partial charge in [0.15, 0.2) is 29.9 Å². The number of benzene rings is 4. The fraction of sp³-hybridized carbons (Fsp3) is 0.483. The van der Waals surface area contributed by atoms with E-state index < -0.39 is 202 Å². The first-order valence-electron chi connectivity index (χ1n) is 26.8. The van der Waals surface area contributed by atoms with Gasteiger partial charge in [-0.15, -0.1) is 0 Å². The standard InChI is InChI=1S/C58H64N2O22/c1-21(2)60-30-14-38(80-23(4)48(30)65)82-34-18-58(75,16-28-42(34)55(72)45-43(51(28)68)49(66)25-9-8-10-31(76-6)39(25)53(45)70)36(63)20-78-24-11-26-40(32(12-24)77-7)54(71)46-44(50(26)67)52(69)27-15-57(74,35(62)19-61)17-33(41(27)56(46)73)81-37-13-29(59-5)47(64)22(3)79-37/h8-12,21-23,29-30,33-34,37-38,47-48,59-61,64-65,68-69,72-75H,13-20H2,1-7H3/t22-,23-,29-,30-,33-,34-,37-,38-,47-,48+,57-,58-/m0/s1. The minimum atomic E-state index is -2.56. The Hall–Kier alpha value is -6.94. The fourth-order valence-electron chi connectivity index (χ4n) is 12.6. The van der Waals surface area contributed by atoms with E-state index in [1.54, 1.807) is 20.9 Å². The van der Waals surface area contributed by atoms with Crippen molar-refractivity contribution < 1.29 is 108 Å². The molecule has 2 saturated heterocycles. The fourth-order valence-corrected chi connectivity index (χ4v) is 12.6. The van der Waals surface area contributed by atoms with Crippen molar-refractivity contribution in [2.75, 3.05) is 34.5 Å². The molecule has 438 valence electrons. The van der Waals surface area contributed by atoms with Crippen LogP contribution >= 0.6 is 0 Å². The van der Waals surface area contributed by atoms with Crippen molar-refractivity contribution in [2.24, 2.45) is 0 Å². The summed E-state index contributed by atoms with van der Waals surface area (Å²) in [7, 11) is 4.05. The van der Waals surface area contributed by atoms with Gasteiger partial charge in [0.05, 0.1) is 84.2 Å². The number of hydrogen-bond acceptors (Lipinski definition) is 24. The summed E-state index contributed by atoms with van der Waals surface area (Å²) in [6.45, 7) is 4.77. The number of fused-ring (bicyclic) bond motifs is 6. The SMILES string of the molecule is CN[C@H]1C[C@H](O[C@H]2C[C@](O)(C(=O)CO)Cc3c(O)c4c(c(O)c32)C(=O)c2c(OC)cc(OCC(=O)[C@]3(O)Cc5c(O)c6c(c(O)c5[C@@H](O[C@H]5C[C@H](NC(C)C)[C@H](O)[C@H](C)O5)C3)C(=O)c3c(OC)cccc3C6=O)cc2C4=O)O[C@@H](C)[C@@H]1O. The molecule has 2 fully saturated rings. The van der Waals surface area contributed by atoms with E-state index in [1.165, 1.54) is 25.3 Å². The van der Waals surface area contributed by atoms with Gasteiger partial charge in [-0.05, 0) is 33.0 Å². The van der Waals surface area contributed by atoms with E-state index in [4.69, 9.17) is 33.2 Å². The van der Waals surface area contributed by atoms with Crippen LogP contribution in [0.5, 0.6) is 40.2 Å². The summed E-state index contributed by atoms with van der Waals surface area (Å²) in [5, 5.41) is 111. The summed E-state index contributed by atoms with van der Waals surface area (Å²) in [5.74, 6) is -9.95. The lowest BCUT2D eigenvalue weighted by Crippen LogP contribution is -2.56. The molecule has 4 aromatic rings. The largest absolute Gasteiger partial charge is 0.507 e. The molecule has 2 aliphatic heterocycles. The first-order chi connectivity index (χ1) is 38.8. The summed E-state index contributed by atoms with van der Waals surface area (Å²) in [6.07, 6.45) is -11.7. The highest BCUT2D eigenvalue weighted by Crippen LogP contribution is 2.55. The molecular weight excluding hydrogens is 1080 g/mol. The number of rotatable bonds is 15. The number of phenolic OH excluding ortho intramolecular Hbond substituents is 4. The molecule has 0 amide bonds. The summed E-state index contributed by atoms with van der Waals surface area (Å²) in [6, 6.07) is 5.19. The van der Waals surface area contributed by atoms with Crippen molar-refractivity contribution in [1.82, 2.24) is 10.6 Å². The number of ether oxygens (including phenoxy) is 7. The zero-order chi connectivity index (χ0) is 59.3. The lowest BCUT2D eigenvalue weighted by Gasteiger charge is -2.43. The second kappa shape index (κ2) is 21.7. The van der Waals surface area contributed by atoms with E-state index >= 15 is 0 Å². The van der Waals surface area contributed by atoms with Gasteiger partial charge in [-0.1, -0.05) is 26.0 Å². The number of hydrogen-bond donors (Lipinski definition) is 11. The van der Waals surface area contributed by atoms with Crippen LogP contribution in [0.3, 0.4) is 0 Å². The molecule has 12 atom stereocenters. The highest BCUT2D eigenvalue weighted by atomic mass is 16.7. The van der Waals surface area contributed by atoms with Crippen LogP contribution in [0.1, 0.15) is 152 Å². The van der Waals surface area contributed by atoms with Crippen molar-refractivity contribution in [1.29, 1.82) is 0 Å². The van der Waals surface area contributed by atoms with Crippen LogP contribution in [0.15, 0.2) is 30.3 Å². The monoisotopic (exact) mass is 1140 g/mol. The lowest BCUT2D eigenvalue weighted by atomic mass is 9.71. The van der Waals surface area contributed by atoms with Crippen LogP contribution in [0.25, 0.3) is 0 Å². The highest BCUT2D eigenvalue weighted by Gasteiger charge is 2.53. The number of likely N-dealkylation sites (N-methyl/N-ethyl adjacent to an activating group) is 1. The zero-order valence-electron chi connectivity index (χ0n) is 45.7. The van der Waals surface area contributed by atoms with Gasteiger partial charge in [0.25, 0.3) is 0 Å². The molecule has 0 aromatic heterocycles. The van der Waals surface area contributed by atoms with Crippen LogP contribution in [-0.2, 0) is 41.4 Å². The topological polar surface area (TPSA) is 373 Å². The molecule has 0 spiro atoms. The molecule has 24 heteroatoms. The van der Waals surface area contributed by atoms with Crippen LogP contribution in [-0.4, -0.2) is 181 Å². The third-order valence-corrected chi connectivity index (χ3v) is 16.7. The van der Waals surface area contributed by atoms with Crippen molar-refractivity contribution >= 4 is 34.7 Å². The number of ketones is 6. The van der Waals surface area contributed by atoms with Gasteiger partial charge in [0.2, 0.25) is 17.3 Å². The summed E-state index contributed by atoms with van der Waals surface area (Å²) < 4.78 is 41.6. The van der Waals surface area contributed by atoms with Gasteiger partial charge in [-0.2, -0.15) is 0 Å². The zero-order valence-corrected chi connectivity index (χ0v) is 45.7. The molecular formula is C58H64N2O22. The lowest BCUT2D eigenvalue weighted by molar-refractivity contribution is -0.250. The number of carbonyl (C=O) groups excluding carboxylic acids is 6. The number of aliphatic hydroxyl groups excluding tert-OH is 3.